The normalized spacial score (nSPS) is 13.0. The van der Waals surface area contributed by atoms with Crippen molar-refractivity contribution >= 4 is 11.4 Å². The minimum Gasteiger partial charge on any atom is -0.494 e. The van der Waals surface area contributed by atoms with Crippen molar-refractivity contribution in [1.29, 1.82) is 0 Å². The summed E-state index contributed by atoms with van der Waals surface area (Å²) in [5.74, 6) is 0.956. The molecular weight excluding hydrogens is 284 g/mol. The van der Waals surface area contributed by atoms with Gasteiger partial charge in [-0.2, -0.15) is 0 Å². The minimum absolute atomic E-state index is 0.803. The SMILES string of the molecule is CCCCOc1ccc(NCCN2CCc3ccccc32)cc1. The van der Waals surface area contributed by atoms with E-state index in [4.69, 9.17) is 4.74 Å². The van der Waals surface area contributed by atoms with Crippen molar-refractivity contribution in [2.45, 2.75) is 26.2 Å². The molecular formula is C20H26N2O. The molecule has 2 aromatic carbocycles. The predicted octanol–water partition coefficient (Wildman–Crippen LogP) is 4.34. The Hall–Kier alpha value is -2.16. The summed E-state index contributed by atoms with van der Waals surface area (Å²) in [6, 6.07) is 17.0. The molecule has 0 fully saturated rings. The van der Waals surface area contributed by atoms with Gasteiger partial charge in [0.1, 0.15) is 5.75 Å². The quantitative estimate of drug-likeness (QED) is 0.734. The van der Waals surface area contributed by atoms with Gasteiger partial charge in [0.05, 0.1) is 6.61 Å². The Labute approximate surface area is 139 Å². The van der Waals surface area contributed by atoms with Crippen LogP contribution in [0.1, 0.15) is 25.3 Å². The van der Waals surface area contributed by atoms with Crippen LogP contribution in [0.4, 0.5) is 11.4 Å². The van der Waals surface area contributed by atoms with Crippen molar-refractivity contribution in [2.24, 2.45) is 0 Å². The number of unbranched alkanes of at least 4 members (excludes halogenated alkanes) is 1. The highest BCUT2D eigenvalue weighted by Crippen LogP contribution is 2.26. The second-order valence-corrected chi connectivity index (χ2v) is 6.02. The highest BCUT2D eigenvalue weighted by molar-refractivity contribution is 5.58. The third-order valence-corrected chi connectivity index (χ3v) is 4.32. The molecule has 0 amide bonds. The van der Waals surface area contributed by atoms with Gasteiger partial charge in [0.15, 0.2) is 0 Å². The van der Waals surface area contributed by atoms with Crippen LogP contribution in [0, 0.1) is 0 Å². The van der Waals surface area contributed by atoms with Gasteiger partial charge in [-0.25, -0.2) is 0 Å². The lowest BCUT2D eigenvalue weighted by Crippen LogP contribution is -2.27. The molecule has 23 heavy (non-hydrogen) atoms. The number of anilines is 2. The number of benzene rings is 2. The molecule has 1 N–H and O–H groups in total. The Kier molecular flexibility index (Phi) is 5.41. The van der Waals surface area contributed by atoms with Gasteiger partial charge in [0, 0.05) is 31.0 Å². The third-order valence-electron chi connectivity index (χ3n) is 4.32. The van der Waals surface area contributed by atoms with Crippen LogP contribution in [0.25, 0.3) is 0 Å². The molecule has 0 unspecified atom stereocenters. The van der Waals surface area contributed by atoms with Crippen LogP contribution in [0.15, 0.2) is 48.5 Å². The van der Waals surface area contributed by atoms with Crippen molar-refractivity contribution in [1.82, 2.24) is 0 Å². The molecule has 0 saturated carbocycles. The average Bonchev–Trinajstić information content (AvgIpc) is 3.00. The zero-order valence-electron chi connectivity index (χ0n) is 13.9. The number of hydrogen-bond acceptors (Lipinski definition) is 3. The van der Waals surface area contributed by atoms with E-state index in [1.54, 1.807) is 0 Å². The van der Waals surface area contributed by atoms with E-state index in [1.165, 1.54) is 24.1 Å². The van der Waals surface area contributed by atoms with Crippen LogP contribution in [-0.2, 0) is 6.42 Å². The number of hydrogen-bond donors (Lipinski definition) is 1. The first-order valence-electron chi connectivity index (χ1n) is 8.66. The van der Waals surface area contributed by atoms with Gasteiger partial charge in [-0.15, -0.1) is 0 Å². The summed E-state index contributed by atoms with van der Waals surface area (Å²) in [6.45, 7) is 6.09. The van der Waals surface area contributed by atoms with Gasteiger partial charge < -0.3 is 15.0 Å². The van der Waals surface area contributed by atoms with Gasteiger partial charge in [-0.3, -0.25) is 0 Å². The zero-order valence-corrected chi connectivity index (χ0v) is 13.9. The standard InChI is InChI=1S/C20H26N2O/c1-2-3-16-23-19-10-8-18(9-11-19)21-13-15-22-14-12-17-6-4-5-7-20(17)22/h4-11,21H,2-3,12-16H2,1H3. The molecule has 2 aromatic rings. The second-order valence-electron chi connectivity index (χ2n) is 6.02. The fourth-order valence-corrected chi connectivity index (χ4v) is 2.98. The molecule has 0 bridgehead atoms. The Balaban J connectivity index is 1.44. The molecule has 3 rings (SSSR count). The van der Waals surface area contributed by atoms with Crippen molar-refractivity contribution in [3.8, 4) is 5.75 Å². The monoisotopic (exact) mass is 310 g/mol. The van der Waals surface area contributed by atoms with Gasteiger partial charge >= 0.3 is 0 Å². The summed E-state index contributed by atoms with van der Waals surface area (Å²) in [4.78, 5) is 2.46. The third kappa shape index (κ3) is 4.19. The lowest BCUT2D eigenvalue weighted by molar-refractivity contribution is 0.309. The number of rotatable bonds is 8. The van der Waals surface area contributed by atoms with Crippen LogP contribution in [0.3, 0.4) is 0 Å². The lowest BCUT2D eigenvalue weighted by atomic mass is 10.2. The maximum Gasteiger partial charge on any atom is 0.119 e. The van der Waals surface area contributed by atoms with Crippen LogP contribution in [0.5, 0.6) is 5.75 Å². The number of ether oxygens (including phenoxy) is 1. The number of nitrogens with zero attached hydrogens (tertiary/aromatic N) is 1. The van der Waals surface area contributed by atoms with Crippen LogP contribution in [-0.4, -0.2) is 26.2 Å². The highest BCUT2D eigenvalue weighted by Gasteiger charge is 2.17. The molecule has 1 aliphatic rings. The maximum absolute atomic E-state index is 5.69. The molecule has 3 heteroatoms. The Bertz CT molecular complexity index is 609. The predicted molar refractivity (Wildman–Crippen MR) is 97.7 cm³/mol. The van der Waals surface area contributed by atoms with Crippen LogP contribution < -0.4 is 15.0 Å². The Morgan fingerprint density at radius 3 is 2.74 bits per heavy atom. The van der Waals surface area contributed by atoms with Crippen molar-refractivity contribution < 1.29 is 4.74 Å². The Morgan fingerprint density at radius 2 is 1.91 bits per heavy atom. The van der Waals surface area contributed by atoms with Gasteiger partial charge in [0.2, 0.25) is 0 Å². The molecule has 1 heterocycles. The first-order chi connectivity index (χ1) is 11.4. The van der Waals surface area contributed by atoms with E-state index in [1.807, 2.05) is 12.1 Å². The molecule has 122 valence electrons. The molecule has 0 saturated heterocycles. The summed E-state index contributed by atoms with van der Waals surface area (Å²) in [6.07, 6.45) is 3.44. The summed E-state index contributed by atoms with van der Waals surface area (Å²) >= 11 is 0. The first-order valence-corrected chi connectivity index (χ1v) is 8.66. The summed E-state index contributed by atoms with van der Waals surface area (Å²) < 4.78 is 5.69. The van der Waals surface area contributed by atoms with E-state index in [-0.39, 0.29) is 0 Å². The number of nitrogens with one attached hydrogen (secondary N) is 1. The van der Waals surface area contributed by atoms with Crippen LogP contribution in [0.2, 0.25) is 0 Å². The molecule has 0 atom stereocenters. The van der Waals surface area contributed by atoms with E-state index in [2.05, 4.69) is 53.5 Å². The van der Waals surface area contributed by atoms with Gasteiger partial charge in [0.25, 0.3) is 0 Å². The number of para-hydroxylation sites is 1. The largest absolute Gasteiger partial charge is 0.494 e. The fraction of sp³-hybridized carbons (Fsp3) is 0.400. The van der Waals surface area contributed by atoms with Crippen molar-refractivity contribution in [2.75, 3.05) is 36.5 Å². The molecule has 0 aromatic heterocycles. The summed E-state index contributed by atoms with van der Waals surface area (Å²) in [5, 5.41) is 3.50. The molecule has 0 radical (unpaired) electrons. The molecule has 0 spiro atoms. The van der Waals surface area contributed by atoms with Gasteiger partial charge in [-0.05, 0) is 48.7 Å². The first kappa shape index (κ1) is 15.7. The fourth-order valence-electron chi connectivity index (χ4n) is 2.98. The Morgan fingerprint density at radius 1 is 1.09 bits per heavy atom. The highest BCUT2D eigenvalue weighted by atomic mass is 16.5. The lowest BCUT2D eigenvalue weighted by Gasteiger charge is -2.20. The smallest absolute Gasteiger partial charge is 0.119 e. The zero-order chi connectivity index (χ0) is 15.9. The van der Waals surface area contributed by atoms with E-state index in [0.29, 0.717) is 0 Å². The topological polar surface area (TPSA) is 24.5 Å². The maximum atomic E-state index is 5.69. The van der Waals surface area contributed by atoms with E-state index in [9.17, 15) is 0 Å². The molecule has 3 nitrogen and oxygen atoms in total. The van der Waals surface area contributed by atoms with E-state index < -0.39 is 0 Å². The van der Waals surface area contributed by atoms with Crippen molar-refractivity contribution in [3.05, 3.63) is 54.1 Å². The van der Waals surface area contributed by atoms with E-state index >= 15 is 0 Å². The van der Waals surface area contributed by atoms with Crippen molar-refractivity contribution in [3.63, 3.8) is 0 Å². The summed E-state index contributed by atoms with van der Waals surface area (Å²) in [5.41, 5.74) is 4.02. The minimum atomic E-state index is 0.803. The molecule has 1 aliphatic heterocycles. The van der Waals surface area contributed by atoms with Gasteiger partial charge in [-0.1, -0.05) is 31.5 Å². The second kappa shape index (κ2) is 7.91. The average molecular weight is 310 g/mol. The van der Waals surface area contributed by atoms with Crippen LogP contribution >= 0.6 is 0 Å². The number of fused-ring (bicyclic) bond motifs is 1. The van der Waals surface area contributed by atoms with E-state index in [0.717, 1.165) is 44.1 Å². The molecule has 0 aliphatic carbocycles. The summed E-state index contributed by atoms with van der Waals surface area (Å²) in [7, 11) is 0.